The number of aromatic nitrogens is 4. The molecule has 0 unspecified atom stereocenters. The van der Waals surface area contributed by atoms with E-state index in [4.69, 9.17) is 5.26 Å². The quantitative estimate of drug-likeness (QED) is 0.539. The van der Waals surface area contributed by atoms with E-state index in [1.807, 2.05) is 6.07 Å². The molecule has 9 heavy (non-hydrogen) atoms. The van der Waals surface area contributed by atoms with Gasteiger partial charge >= 0.3 is 0 Å². The van der Waals surface area contributed by atoms with E-state index in [1.54, 1.807) is 0 Å². The van der Waals surface area contributed by atoms with Crippen molar-refractivity contribution in [2.45, 2.75) is 11.7 Å². The van der Waals surface area contributed by atoms with Gasteiger partial charge in [0.25, 0.3) is 0 Å². The topological polar surface area (TPSA) is 67.4 Å². The summed E-state index contributed by atoms with van der Waals surface area (Å²) in [4.78, 5) is 0. The van der Waals surface area contributed by atoms with E-state index >= 15 is 0 Å². The molecule has 1 aromatic rings. The van der Waals surface area contributed by atoms with Crippen molar-refractivity contribution >= 4 is 12.6 Å². The van der Waals surface area contributed by atoms with Crippen LogP contribution in [-0.4, -0.2) is 20.2 Å². The van der Waals surface area contributed by atoms with Crippen molar-refractivity contribution in [1.29, 1.82) is 5.26 Å². The first-order valence-electron chi connectivity index (χ1n) is 2.14. The summed E-state index contributed by atoms with van der Waals surface area (Å²) in [7, 11) is 0. The molecule has 0 saturated heterocycles. The van der Waals surface area contributed by atoms with Crippen molar-refractivity contribution in [1.82, 2.24) is 20.2 Å². The largest absolute Gasteiger partial charge is 0.241 e. The summed E-state index contributed by atoms with van der Waals surface area (Å²) < 4.78 is 1.25. The average Bonchev–Trinajstić information content (AvgIpc) is 2.18. The molecule has 1 radical (unpaired) electrons. The zero-order chi connectivity index (χ0) is 6.69. The fourth-order valence-corrected chi connectivity index (χ4v) is 0.500. The lowest BCUT2D eigenvalue weighted by Crippen LogP contribution is -1.98. The van der Waals surface area contributed by atoms with Gasteiger partial charge in [-0.2, -0.15) is 5.26 Å². The Labute approximate surface area is 56.7 Å². The van der Waals surface area contributed by atoms with Crippen molar-refractivity contribution in [3.05, 3.63) is 0 Å². The van der Waals surface area contributed by atoms with Gasteiger partial charge in [-0.05, 0) is 23.1 Å². The molecule has 5 nitrogen and oxygen atoms in total. The molecule has 0 saturated carbocycles. The maximum atomic E-state index is 8.15. The minimum atomic E-state index is 0.117. The third-order valence-corrected chi connectivity index (χ3v) is 1.01. The fourth-order valence-electron chi connectivity index (χ4n) is 0.363. The van der Waals surface area contributed by atoms with Gasteiger partial charge in [0, 0.05) is 0 Å². The van der Waals surface area contributed by atoms with Crippen LogP contribution < -0.4 is 0 Å². The van der Waals surface area contributed by atoms with Crippen LogP contribution in [0.1, 0.15) is 0 Å². The Kier molecular flexibility index (Phi) is 1.55. The summed E-state index contributed by atoms with van der Waals surface area (Å²) in [5.41, 5.74) is 0. The molecule has 1 aromatic heterocycles. The predicted molar refractivity (Wildman–Crippen MR) is 29.3 cm³/mol. The van der Waals surface area contributed by atoms with Gasteiger partial charge in [0.05, 0.1) is 6.07 Å². The molecule has 0 aromatic carbocycles. The first-order chi connectivity index (χ1) is 4.34. The smallest absolute Gasteiger partial charge is 0.202 e. The van der Waals surface area contributed by atoms with Gasteiger partial charge < -0.3 is 0 Å². The van der Waals surface area contributed by atoms with Crippen LogP contribution in [0.15, 0.2) is 5.16 Å². The molecular weight excluding hydrogens is 138 g/mol. The summed E-state index contributed by atoms with van der Waals surface area (Å²) in [6.07, 6.45) is 0. The maximum absolute atomic E-state index is 8.15. The van der Waals surface area contributed by atoms with Crippen LogP contribution in [0.4, 0.5) is 0 Å². The van der Waals surface area contributed by atoms with Gasteiger partial charge in [0.2, 0.25) is 5.16 Å². The highest BCUT2D eigenvalue weighted by Crippen LogP contribution is 1.94. The van der Waals surface area contributed by atoms with E-state index in [-0.39, 0.29) is 11.7 Å². The number of rotatable bonds is 1. The molecular formula is C3H2N5S. The van der Waals surface area contributed by atoms with Crippen LogP contribution in [0.2, 0.25) is 0 Å². The molecule has 0 amide bonds. The molecule has 0 aliphatic rings. The van der Waals surface area contributed by atoms with Gasteiger partial charge in [-0.3, -0.25) is 0 Å². The first-order valence-corrected chi connectivity index (χ1v) is 2.55. The minimum Gasteiger partial charge on any atom is -0.202 e. The van der Waals surface area contributed by atoms with Crippen LogP contribution >= 0.6 is 12.6 Å². The van der Waals surface area contributed by atoms with Gasteiger partial charge in [0.1, 0.15) is 6.54 Å². The molecule has 0 fully saturated rings. The van der Waals surface area contributed by atoms with E-state index in [2.05, 4.69) is 28.2 Å². The molecule has 0 spiro atoms. The average molecular weight is 140 g/mol. The van der Waals surface area contributed by atoms with Gasteiger partial charge in [0.15, 0.2) is 0 Å². The second kappa shape index (κ2) is 2.37. The van der Waals surface area contributed by atoms with E-state index in [9.17, 15) is 0 Å². The van der Waals surface area contributed by atoms with Crippen molar-refractivity contribution in [3.8, 4) is 6.07 Å². The number of nitrogens with zero attached hydrogens (tertiary/aromatic N) is 5. The molecule has 1 heterocycles. The molecule has 1 rings (SSSR count). The van der Waals surface area contributed by atoms with Crippen LogP contribution in [0.25, 0.3) is 0 Å². The van der Waals surface area contributed by atoms with E-state index < -0.39 is 0 Å². The molecule has 0 aliphatic carbocycles. The zero-order valence-corrected chi connectivity index (χ0v) is 5.17. The Balaban J connectivity index is 2.84. The van der Waals surface area contributed by atoms with Crippen molar-refractivity contribution in [2.24, 2.45) is 0 Å². The van der Waals surface area contributed by atoms with Gasteiger partial charge in [-0.1, -0.05) is 5.10 Å². The molecule has 6 heteroatoms. The first kappa shape index (κ1) is 5.91. The van der Waals surface area contributed by atoms with Crippen LogP contribution in [-0.2, 0) is 6.54 Å². The minimum absolute atomic E-state index is 0.117. The summed E-state index contributed by atoms with van der Waals surface area (Å²) in [5, 5.41) is 18.5. The van der Waals surface area contributed by atoms with Crippen molar-refractivity contribution in [3.63, 3.8) is 0 Å². The number of nitriles is 1. The highest BCUT2D eigenvalue weighted by Gasteiger charge is 1.97. The second-order valence-electron chi connectivity index (χ2n) is 1.28. The summed E-state index contributed by atoms with van der Waals surface area (Å²) in [6, 6.07) is 1.86. The van der Waals surface area contributed by atoms with E-state index in [1.165, 1.54) is 4.68 Å². The molecule has 0 bridgehead atoms. The monoisotopic (exact) mass is 140 g/mol. The lowest BCUT2D eigenvalue weighted by atomic mass is 10.7. The highest BCUT2D eigenvalue weighted by atomic mass is 32.1. The van der Waals surface area contributed by atoms with Crippen LogP contribution in [0.5, 0.6) is 0 Å². The maximum Gasteiger partial charge on any atom is 0.241 e. The normalized spacial score (nSPS) is 8.78. The van der Waals surface area contributed by atoms with E-state index in [0.717, 1.165) is 0 Å². The highest BCUT2D eigenvalue weighted by molar-refractivity contribution is 7.80. The van der Waals surface area contributed by atoms with Crippen molar-refractivity contribution in [2.75, 3.05) is 0 Å². The SMILES string of the molecule is N#CCn1nnnc1[S]. The predicted octanol–water partition coefficient (Wildman–Crippen LogP) is -0.247. The summed E-state index contributed by atoms with van der Waals surface area (Å²) in [6.45, 7) is 0.117. The second-order valence-corrected chi connectivity index (χ2v) is 1.64. The Bertz CT molecular complexity index is 235. The summed E-state index contributed by atoms with van der Waals surface area (Å²) in [5.74, 6) is 0. The molecule has 0 aliphatic heterocycles. The number of hydrogen-bond donors (Lipinski definition) is 0. The Hall–Kier alpha value is -1.22. The van der Waals surface area contributed by atoms with Gasteiger partial charge in [-0.25, -0.2) is 4.68 Å². The Morgan fingerprint density at radius 3 is 3.00 bits per heavy atom. The van der Waals surface area contributed by atoms with Gasteiger partial charge in [-0.15, -0.1) is 0 Å². The number of hydrogen-bond acceptors (Lipinski definition) is 4. The Morgan fingerprint density at radius 2 is 2.56 bits per heavy atom. The number of tetrazole rings is 1. The standard InChI is InChI=1S/C3H2N5S/c4-1-2-8-3(9)5-6-7-8/h2H2. The van der Waals surface area contributed by atoms with Crippen LogP contribution in [0, 0.1) is 11.3 Å². The molecule has 45 valence electrons. The zero-order valence-electron chi connectivity index (χ0n) is 4.35. The van der Waals surface area contributed by atoms with E-state index in [0.29, 0.717) is 0 Å². The molecule has 0 N–H and O–H groups in total. The Morgan fingerprint density at radius 1 is 1.78 bits per heavy atom. The third-order valence-electron chi connectivity index (χ3n) is 0.720. The fraction of sp³-hybridized carbons (Fsp3) is 0.333. The molecule has 0 atom stereocenters. The van der Waals surface area contributed by atoms with Crippen molar-refractivity contribution < 1.29 is 0 Å². The lowest BCUT2D eigenvalue weighted by Gasteiger charge is -1.86. The van der Waals surface area contributed by atoms with Crippen LogP contribution in [0.3, 0.4) is 0 Å². The lowest BCUT2D eigenvalue weighted by molar-refractivity contribution is 0.621. The third kappa shape index (κ3) is 1.12. The summed E-state index contributed by atoms with van der Waals surface area (Å²) >= 11 is 4.63.